The maximum Gasteiger partial charge on any atom is 0.324 e. The predicted molar refractivity (Wildman–Crippen MR) is 231 cm³/mol. The second kappa shape index (κ2) is 16.6. The number of cyclic esters (lactones) is 1. The summed E-state index contributed by atoms with van der Waals surface area (Å²) in [4.78, 5) is 56.3. The van der Waals surface area contributed by atoms with Crippen molar-refractivity contribution < 1.29 is 23.9 Å². The van der Waals surface area contributed by atoms with E-state index in [0.29, 0.717) is 37.8 Å². The van der Waals surface area contributed by atoms with Crippen LogP contribution in [-0.2, 0) is 43.2 Å². The van der Waals surface area contributed by atoms with E-state index in [-0.39, 0.29) is 42.8 Å². The number of fused-ring (bicyclic) bond motifs is 6. The number of nitrogens with one attached hydrogen (secondary N) is 2. The van der Waals surface area contributed by atoms with E-state index in [1.807, 2.05) is 11.6 Å². The molecular formula is C45H60N8O5S. The molecule has 0 spiro atoms. The molecule has 6 atom stereocenters. The molecule has 3 aliphatic heterocycles. The summed E-state index contributed by atoms with van der Waals surface area (Å²) in [6.45, 7) is 17.0. The van der Waals surface area contributed by atoms with Gasteiger partial charge < -0.3 is 29.2 Å². The van der Waals surface area contributed by atoms with Crippen LogP contribution in [0.2, 0.25) is 0 Å². The van der Waals surface area contributed by atoms with Gasteiger partial charge in [-0.15, -0.1) is 11.3 Å². The number of pyridine rings is 1. The number of nitrogens with zero attached hydrogens (tertiary/aromatic N) is 6. The van der Waals surface area contributed by atoms with Gasteiger partial charge in [0.25, 0.3) is 5.91 Å². The number of aryl methyl sites for hydroxylation is 1. The summed E-state index contributed by atoms with van der Waals surface area (Å²) in [5.74, 6) is -0.565. The van der Waals surface area contributed by atoms with Crippen molar-refractivity contribution in [2.24, 2.45) is 17.3 Å². The Morgan fingerprint density at radius 3 is 2.69 bits per heavy atom. The van der Waals surface area contributed by atoms with Crippen molar-refractivity contribution in [1.82, 2.24) is 35.2 Å². The first-order valence-corrected chi connectivity index (χ1v) is 22.3. The molecule has 316 valence electrons. The third kappa shape index (κ3) is 8.38. The zero-order valence-electron chi connectivity index (χ0n) is 35.8. The number of ether oxygens (including phenoxy) is 2. The third-order valence-corrected chi connectivity index (χ3v) is 13.7. The Morgan fingerprint density at radius 1 is 1.17 bits per heavy atom. The maximum atomic E-state index is 14.1. The van der Waals surface area contributed by atoms with E-state index in [2.05, 4.69) is 98.0 Å². The van der Waals surface area contributed by atoms with Gasteiger partial charge >= 0.3 is 5.97 Å². The largest absolute Gasteiger partial charge is 0.464 e. The number of anilines is 1. The summed E-state index contributed by atoms with van der Waals surface area (Å²) in [7, 11) is 3.91. The van der Waals surface area contributed by atoms with Crippen molar-refractivity contribution in [3.8, 4) is 22.5 Å². The number of benzene rings is 1. The smallest absolute Gasteiger partial charge is 0.324 e. The summed E-state index contributed by atoms with van der Waals surface area (Å²) >= 11 is 1.49. The van der Waals surface area contributed by atoms with Gasteiger partial charge in [0.1, 0.15) is 12.1 Å². The minimum atomic E-state index is -0.827. The minimum absolute atomic E-state index is 0.0910. The standard InChI is InChI=1S/C45H60N8O5S/c1-9-51-38-13-12-29-18-32(38)34(41(51)33-19-30(22-46-40(33)28(4)57-8)52-16-15-50(7)23-27(52)3)21-45(5,6)25-58-44(56)35-11-10-14-53(49-35)43(55)36(20-39-47-37(29)24-59-39)48-42(54)31-17-26(31)2/h12-13,18-19,22,24,26-28,31,35-36,49H,9-11,14-17,20-21,23,25H2,1-8H3,(H,48,54)/t26-,27-,28-,31-,35-,36-/m0/s1. The Kier molecular flexibility index (Phi) is 11.6. The van der Waals surface area contributed by atoms with E-state index in [4.69, 9.17) is 19.4 Å². The van der Waals surface area contributed by atoms with Gasteiger partial charge in [-0.05, 0) is 83.2 Å². The monoisotopic (exact) mass is 824 g/mol. The number of esters is 1. The third-order valence-electron chi connectivity index (χ3n) is 12.8. The van der Waals surface area contributed by atoms with Gasteiger partial charge in [0.15, 0.2) is 0 Å². The van der Waals surface area contributed by atoms with Crippen LogP contribution in [-0.4, -0.2) is 107 Å². The second-order valence-corrected chi connectivity index (χ2v) is 19.0. The van der Waals surface area contributed by atoms with E-state index in [0.717, 1.165) is 88.0 Å². The Morgan fingerprint density at radius 2 is 1.97 bits per heavy atom. The number of carbonyl (C=O) groups excluding carboxylic acids is 3. The minimum Gasteiger partial charge on any atom is -0.464 e. The van der Waals surface area contributed by atoms with Gasteiger partial charge in [0.2, 0.25) is 5.91 Å². The van der Waals surface area contributed by atoms with Crippen molar-refractivity contribution in [2.75, 3.05) is 51.8 Å². The molecule has 3 fully saturated rings. The zero-order valence-corrected chi connectivity index (χ0v) is 36.7. The Labute approximate surface area is 351 Å². The lowest BCUT2D eigenvalue weighted by atomic mass is 9.84. The van der Waals surface area contributed by atoms with Crippen molar-refractivity contribution in [1.29, 1.82) is 0 Å². The van der Waals surface area contributed by atoms with Crippen LogP contribution < -0.4 is 15.6 Å². The fourth-order valence-corrected chi connectivity index (χ4v) is 10.1. The van der Waals surface area contributed by atoms with Crippen molar-refractivity contribution >= 4 is 45.7 Å². The van der Waals surface area contributed by atoms with Gasteiger partial charge in [0.05, 0.1) is 46.7 Å². The van der Waals surface area contributed by atoms with Crippen LogP contribution in [0.1, 0.15) is 83.2 Å². The quantitative estimate of drug-likeness (QED) is 0.214. The number of piperazine rings is 1. The molecule has 0 unspecified atom stereocenters. The molecule has 8 rings (SSSR count). The number of amides is 2. The topological polar surface area (TPSA) is 134 Å². The van der Waals surface area contributed by atoms with Crippen LogP contribution >= 0.6 is 11.3 Å². The number of hydrogen-bond acceptors (Lipinski definition) is 11. The molecule has 0 radical (unpaired) electrons. The molecule has 6 bridgehead atoms. The Hall–Kier alpha value is -4.37. The summed E-state index contributed by atoms with van der Waals surface area (Å²) in [6, 6.07) is 7.68. The number of hydrogen-bond donors (Lipinski definition) is 2. The second-order valence-electron chi connectivity index (χ2n) is 18.1. The van der Waals surface area contributed by atoms with Gasteiger partial charge in [-0.25, -0.2) is 10.4 Å². The highest BCUT2D eigenvalue weighted by molar-refractivity contribution is 7.10. The number of aromatic nitrogens is 3. The molecule has 59 heavy (non-hydrogen) atoms. The summed E-state index contributed by atoms with van der Waals surface area (Å²) in [5.41, 5.74) is 10.8. The number of likely N-dealkylation sites (N-methyl/N-ethyl adjacent to an activating group) is 1. The van der Waals surface area contributed by atoms with Gasteiger partial charge in [-0.3, -0.25) is 24.4 Å². The predicted octanol–water partition coefficient (Wildman–Crippen LogP) is 6.00. The maximum absolute atomic E-state index is 14.1. The van der Waals surface area contributed by atoms with E-state index in [1.54, 1.807) is 7.11 Å². The number of rotatable bonds is 7. The van der Waals surface area contributed by atoms with Crippen LogP contribution in [0, 0.1) is 17.3 Å². The molecule has 14 heteroatoms. The molecular weight excluding hydrogens is 765 g/mol. The van der Waals surface area contributed by atoms with Gasteiger partial charge in [-0.1, -0.05) is 26.8 Å². The highest BCUT2D eigenvalue weighted by Gasteiger charge is 2.42. The fraction of sp³-hybridized carbons (Fsp3) is 0.578. The lowest BCUT2D eigenvalue weighted by molar-refractivity contribution is -0.155. The first kappa shape index (κ1) is 41.4. The molecule has 4 aliphatic rings. The van der Waals surface area contributed by atoms with E-state index in [1.165, 1.54) is 16.3 Å². The highest BCUT2D eigenvalue weighted by atomic mass is 32.1. The lowest BCUT2D eigenvalue weighted by Crippen LogP contribution is -2.60. The molecule has 1 aliphatic carbocycles. The van der Waals surface area contributed by atoms with Crippen molar-refractivity contribution in [2.45, 2.75) is 104 Å². The summed E-state index contributed by atoms with van der Waals surface area (Å²) in [6.07, 6.45) is 4.60. The lowest BCUT2D eigenvalue weighted by Gasteiger charge is -2.40. The molecule has 2 N–H and O–H groups in total. The highest BCUT2D eigenvalue weighted by Crippen LogP contribution is 2.43. The number of thiazole rings is 1. The van der Waals surface area contributed by atoms with Crippen LogP contribution in [0.5, 0.6) is 0 Å². The first-order valence-electron chi connectivity index (χ1n) is 21.4. The van der Waals surface area contributed by atoms with E-state index >= 15 is 0 Å². The summed E-state index contributed by atoms with van der Waals surface area (Å²) < 4.78 is 14.5. The Balaban J connectivity index is 1.27. The normalized spacial score (nSPS) is 25.7. The molecule has 3 aromatic heterocycles. The molecule has 13 nitrogen and oxygen atoms in total. The van der Waals surface area contributed by atoms with Crippen LogP contribution in [0.25, 0.3) is 33.4 Å². The molecule has 1 saturated carbocycles. The van der Waals surface area contributed by atoms with Crippen LogP contribution in [0.3, 0.4) is 0 Å². The van der Waals surface area contributed by atoms with Crippen molar-refractivity contribution in [3.63, 3.8) is 0 Å². The summed E-state index contributed by atoms with van der Waals surface area (Å²) in [5, 5.41) is 8.47. The average Bonchev–Trinajstić information content (AvgIpc) is 3.65. The van der Waals surface area contributed by atoms with Crippen LogP contribution in [0.15, 0.2) is 35.8 Å². The number of carbonyl (C=O) groups is 3. The van der Waals surface area contributed by atoms with Crippen molar-refractivity contribution in [3.05, 3.63) is 52.1 Å². The average molecular weight is 825 g/mol. The Bertz CT molecular complexity index is 2230. The molecule has 2 amide bonds. The number of hydrazine groups is 1. The molecule has 2 saturated heterocycles. The van der Waals surface area contributed by atoms with Crippen LogP contribution in [0.4, 0.5) is 5.69 Å². The van der Waals surface area contributed by atoms with E-state index in [9.17, 15) is 14.4 Å². The van der Waals surface area contributed by atoms with E-state index < -0.39 is 17.5 Å². The molecule has 6 heterocycles. The number of methoxy groups -OCH3 is 1. The SMILES string of the molecule is CCn1c(-c2cc(N3CCN(C)C[C@@H]3C)cnc2[C@H](C)OC)c2c3cc(ccc31)-c1csc(n1)C[C@H](NC(=O)[C@H]1C[C@@H]1C)C(=O)N1CCC[C@H](N1)C(=O)OCC(C)(C)C2. The van der Waals surface area contributed by atoms with Gasteiger partial charge in [0, 0.05) is 91.0 Å². The molecule has 1 aromatic carbocycles. The zero-order chi connectivity index (χ0) is 41.7. The van der Waals surface area contributed by atoms with Gasteiger partial charge in [-0.2, -0.15) is 0 Å². The fourth-order valence-electron chi connectivity index (χ4n) is 9.25. The first-order chi connectivity index (χ1) is 28.2. The molecule has 4 aromatic rings.